The van der Waals surface area contributed by atoms with E-state index < -0.39 is 8.40 Å². The molecule has 0 amide bonds. The molecule has 0 aliphatic carbocycles. The Morgan fingerprint density at radius 1 is 0.733 bits per heavy atom. The molecule has 0 aromatic rings. The number of nitrogens with zero attached hydrogens (tertiary/aromatic N) is 2. The van der Waals surface area contributed by atoms with Crippen molar-refractivity contribution in [1.29, 1.82) is 0 Å². The van der Waals surface area contributed by atoms with Crippen LogP contribution in [0.2, 0.25) is 12.6 Å². The van der Waals surface area contributed by atoms with E-state index in [0.29, 0.717) is 0 Å². The molecule has 0 bridgehead atoms. The first-order chi connectivity index (χ1) is 7.10. The molecule has 0 atom stereocenters. The molecule has 0 unspecified atom stereocenters. The van der Waals surface area contributed by atoms with Gasteiger partial charge in [-0.25, -0.2) is 0 Å². The van der Waals surface area contributed by atoms with Crippen LogP contribution < -0.4 is 0 Å². The van der Waals surface area contributed by atoms with Crippen molar-refractivity contribution < 1.29 is 0 Å². The number of hydrogen-bond acceptors (Lipinski definition) is 2. The van der Waals surface area contributed by atoms with Gasteiger partial charge in [0.1, 0.15) is 0 Å². The van der Waals surface area contributed by atoms with E-state index in [9.17, 15) is 0 Å². The second kappa shape index (κ2) is 7.42. The maximum atomic E-state index is 2.73. The summed E-state index contributed by atoms with van der Waals surface area (Å²) in [4.78, 5) is 0. The highest BCUT2D eigenvalue weighted by molar-refractivity contribution is 6.73. The van der Waals surface area contributed by atoms with E-state index >= 15 is 0 Å². The van der Waals surface area contributed by atoms with Crippen LogP contribution in [0.4, 0.5) is 0 Å². The third-order valence-electron chi connectivity index (χ3n) is 3.61. The Balaban J connectivity index is 4.82. The lowest BCUT2D eigenvalue weighted by atomic mass is 10.6. The van der Waals surface area contributed by atoms with Gasteiger partial charge in [0.05, 0.1) is 0 Å². The van der Waals surface area contributed by atoms with Gasteiger partial charge in [-0.05, 0) is 38.8 Å². The minimum Gasteiger partial charge on any atom is -0.312 e. The minimum absolute atomic E-state index is 1.20. The second-order valence-corrected chi connectivity index (χ2v) is 8.51. The van der Waals surface area contributed by atoms with Crippen molar-refractivity contribution in [3.05, 3.63) is 0 Å². The highest BCUT2D eigenvalue weighted by Gasteiger charge is 2.37. The molecule has 0 radical (unpaired) electrons. The number of hydrogen-bond donors (Lipinski definition) is 0. The fourth-order valence-corrected chi connectivity index (χ4v) is 7.50. The van der Waals surface area contributed by atoms with Crippen LogP contribution in [-0.2, 0) is 0 Å². The predicted octanol–water partition coefficient (Wildman–Crippen LogP) is 3.15. The largest absolute Gasteiger partial charge is 0.312 e. The predicted molar refractivity (Wildman–Crippen MR) is 72.6 cm³/mol. The monoisotopic (exact) mass is 230 g/mol. The van der Waals surface area contributed by atoms with Crippen LogP contribution in [0.15, 0.2) is 0 Å². The molecular weight excluding hydrogens is 200 g/mol. The van der Waals surface area contributed by atoms with Gasteiger partial charge in [0, 0.05) is 0 Å². The van der Waals surface area contributed by atoms with E-state index in [1.54, 1.807) is 0 Å². The quantitative estimate of drug-likeness (QED) is 0.591. The molecule has 0 saturated carbocycles. The summed E-state index contributed by atoms with van der Waals surface area (Å²) in [6, 6.07) is 1.40. The van der Waals surface area contributed by atoms with E-state index in [4.69, 9.17) is 0 Å². The summed E-state index contributed by atoms with van der Waals surface area (Å²) in [7, 11) is -1.34. The zero-order valence-corrected chi connectivity index (χ0v) is 12.6. The van der Waals surface area contributed by atoms with E-state index in [0.717, 1.165) is 0 Å². The van der Waals surface area contributed by atoms with Crippen LogP contribution in [0.3, 0.4) is 0 Å². The van der Waals surface area contributed by atoms with Crippen molar-refractivity contribution >= 4 is 8.40 Å². The maximum Gasteiger partial charge on any atom is 0.203 e. The van der Waals surface area contributed by atoms with Gasteiger partial charge in [-0.15, -0.1) is 0 Å². The van der Waals surface area contributed by atoms with Crippen LogP contribution in [0.5, 0.6) is 0 Å². The van der Waals surface area contributed by atoms with Gasteiger partial charge < -0.3 is 9.13 Å². The zero-order chi connectivity index (χ0) is 11.9. The standard InChI is InChI=1S/C12H30N2Si/c1-7-12-15(6,13(8-2)9-3)14(10-4)11-5/h7-12H2,1-6H3. The molecule has 0 heterocycles. The molecule has 0 fully saturated rings. The molecule has 0 aliphatic heterocycles. The second-order valence-electron chi connectivity index (χ2n) is 4.31. The fourth-order valence-electron chi connectivity index (χ4n) is 2.80. The van der Waals surface area contributed by atoms with Crippen LogP contribution in [0.25, 0.3) is 0 Å². The summed E-state index contributed by atoms with van der Waals surface area (Å²) in [5.41, 5.74) is 0. The lowest BCUT2D eigenvalue weighted by Gasteiger charge is -2.46. The maximum absolute atomic E-state index is 2.73. The molecule has 3 heteroatoms. The van der Waals surface area contributed by atoms with Gasteiger partial charge in [0.25, 0.3) is 0 Å². The molecule has 0 rings (SSSR count). The normalized spacial score (nSPS) is 12.8. The Labute approximate surface area is 97.8 Å². The van der Waals surface area contributed by atoms with Gasteiger partial charge in [-0.2, -0.15) is 0 Å². The van der Waals surface area contributed by atoms with Crippen molar-refractivity contribution in [3.63, 3.8) is 0 Å². The zero-order valence-electron chi connectivity index (χ0n) is 11.6. The molecule has 15 heavy (non-hydrogen) atoms. The van der Waals surface area contributed by atoms with Crippen LogP contribution in [0, 0.1) is 0 Å². The summed E-state index contributed by atoms with van der Waals surface area (Å²) in [6.07, 6.45) is 1.32. The van der Waals surface area contributed by atoms with Gasteiger partial charge in [-0.1, -0.05) is 41.0 Å². The van der Waals surface area contributed by atoms with Crippen molar-refractivity contribution in [1.82, 2.24) is 9.13 Å². The minimum atomic E-state index is -1.34. The molecule has 0 aromatic carbocycles. The first kappa shape index (κ1) is 15.1. The Morgan fingerprint density at radius 2 is 1.07 bits per heavy atom. The van der Waals surface area contributed by atoms with E-state index in [1.807, 2.05) is 0 Å². The Morgan fingerprint density at radius 3 is 1.27 bits per heavy atom. The van der Waals surface area contributed by atoms with Crippen molar-refractivity contribution in [3.8, 4) is 0 Å². The molecule has 92 valence electrons. The van der Waals surface area contributed by atoms with Crippen LogP contribution in [-0.4, -0.2) is 43.7 Å². The van der Waals surface area contributed by atoms with Gasteiger partial charge in [-0.3, -0.25) is 0 Å². The van der Waals surface area contributed by atoms with Gasteiger partial charge in [0.2, 0.25) is 8.40 Å². The summed E-state index contributed by atoms with van der Waals surface area (Å²) >= 11 is 0. The molecule has 2 nitrogen and oxygen atoms in total. The lowest BCUT2D eigenvalue weighted by molar-refractivity contribution is 0.353. The van der Waals surface area contributed by atoms with E-state index in [1.165, 1.54) is 38.6 Å². The Hall–Kier alpha value is 0.137. The highest BCUT2D eigenvalue weighted by Crippen LogP contribution is 2.21. The molecular formula is C12H30N2Si. The molecule has 0 N–H and O–H groups in total. The average molecular weight is 230 g/mol. The first-order valence-corrected chi connectivity index (χ1v) is 9.20. The number of rotatable bonds is 8. The third-order valence-corrected chi connectivity index (χ3v) is 9.05. The SMILES string of the molecule is CCC[Si](C)(N(CC)CC)N(CC)CC. The smallest absolute Gasteiger partial charge is 0.203 e. The summed E-state index contributed by atoms with van der Waals surface area (Å²) in [5, 5.41) is 0. The van der Waals surface area contributed by atoms with Crippen molar-refractivity contribution in [2.75, 3.05) is 26.2 Å². The summed E-state index contributed by atoms with van der Waals surface area (Å²) in [5.74, 6) is 0. The topological polar surface area (TPSA) is 6.48 Å². The molecule has 0 aromatic heterocycles. The lowest BCUT2D eigenvalue weighted by Crippen LogP contribution is -2.63. The Bertz CT molecular complexity index is 142. The van der Waals surface area contributed by atoms with E-state index in [-0.39, 0.29) is 0 Å². The summed E-state index contributed by atoms with van der Waals surface area (Å²) in [6.45, 7) is 18.9. The van der Waals surface area contributed by atoms with Crippen LogP contribution >= 0.6 is 0 Å². The first-order valence-electron chi connectivity index (χ1n) is 6.60. The average Bonchev–Trinajstić information content (AvgIpc) is 2.21. The summed E-state index contributed by atoms with van der Waals surface area (Å²) < 4.78 is 5.45. The fraction of sp³-hybridized carbons (Fsp3) is 1.00. The Kier molecular flexibility index (Phi) is 7.48. The third kappa shape index (κ3) is 3.57. The molecule has 0 saturated heterocycles. The van der Waals surface area contributed by atoms with Crippen molar-refractivity contribution in [2.45, 2.75) is 53.6 Å². The van der Waals surface area contributed by atoms with Gasteiger partial charge >= 0.3 is 0 Å². The van der Waals surface area contributed by atoms with Crippen molar-refractivity contribution in [2.24, 2.45) is 0 Å². The molecule has 0 aliphatic rings. The van der Waals surface area contributed by atoms with E-state index in [2.05, 4.69) is 50.3 Å². The van der Waals surface area contributed by atoms with Crippen LogP contribution in [0.1, 0.15) is 41.0 Å². The highest BCUT2D eigenvalue weighted by atomic mass is 28.3. The molecule has 0 spiro atoms. The van der Waals surface area contributed by atoms with Gasteiger partial charge in [0.15, 0.2) is 0 Å².